The molecule has 4 rings (SSSR count). The fourth-order valence-electron chi connectivity index (χ4n) is 3.86. The van der Waals surface area contributed by atoms with E-state index < -0.39 is 0 Å². The van der Waals surface area contributed by atoms with Crippen LogP contribution in [0.25, 0.3) is 10.8 Å². The maximum absolute atomic E-state index is 12.5. The van der Waals surface area contributed by atoms with Crippen molar-refractivity contribution >= 4 is 22.7 Å². The van der Waals surface area contributed by atoms with Crippen LogP contribution in [0, 0.1) is 0 Å². The van der Waals surface area contributed by atoms with Crippen LogP contribution < -0.4 is 5.32 Å². The average Bonchev–Trinajstić information content (AvgIpc) is 2.99. The second-order valence-corrected chi connectivity index (χ2v) is 6.99. The molecule has 0 radical (unpaired) electrons. The van der Waals surface area contributed by atoms with E-state index in [0.717, 1.165) is 18.5 Å². The summed E-state index contributed by atoms with van der Waals surface area (Å²) in [6.45, 7) is 4.13. The highest BCUT2D eigenvalue weighted by Gasteiger charge is 2.38. The number of hydrogen-bond donors (Lipinski definition) is 1. The van der Waals surface area contributed by atoms with E-state index in [1.54, 1.807) is 4.90 Å². The summed E-state index contributed by atoms with van der Waals surface area (Å²) >= 11 is 0. The molecule has 25 heavy (non-hydrogen) atoms. The number of fused-ring (bicyclic) bond motifs is 1. The van der Waals surface area contributed by atoms with Gasteiger partial charge in [0.25, 0.3) is 0 Å². The molecule has 0 bridgehead atoms. The first kappa shape index (κ1) is 15.9. The van der Waals surface area contributed by atoms with E-state index in [-0.39, 0.29) is 24.0 Å². The van der Waals surface area contributed by atoms with E-state index in [2.05, 4.69) is 29.6 Å². The van der Waals surface area contributed by atoms with Crippen molar-refractivity contribution < 1.29 is 9.59 Å². The number of rotatable bonds is 3. The van der Waals surface area contributed by atoms with Gasteiger partial charge in [-0.3, -0.25) is 4.79 Å². The Morgan fingerprint density at radius 2 is 1.92 bits per heavy atom. The molecule has 2 aromatic carbocycles. The molecular formula is C20H23N3O2. The fourth-order valence-corrected chi connectivity index (χ4v) is 3.86. The molecule has 2 saturated heterocycles. The molecule has 1 atom stereocenters. The number of carbonyl (C=O) groups excluding carboxylic acids is 2. The molecule has 5 nitrogen and oxygen atoms in total. The monoisotopic (exact) mass is 337 g/mol. The van der Waals surface area contributed by atoms with Crippen LogP contribution in [0.1, 0.15) is 31.4 Å². The normalized spacial score (nSPS) is 19.2. The molecule has 2 heterocycles. The molecular weight excluding hydrogens is 314 g/mol. The van der Waals surface area contributed by atoms with Gasteiger partial charge in [0, 0.05) is 26.1 Å². The van der Waals surface area contributed by atoms with Crippen LogP contribution in [0.3, 0.4) is 0 Å². The van der Waals surface area contributed by atoms with Gasteiger partial charge in [-0.1, -0.05) is 42.5 Å². The lowest BCUT2D eigenvalue weighted by molar-refractivity contribution is -0.132. The zero-order valence-corrected chi connectivity index (χ0v) is 14.4. The summed E-state index contributed by atoms with van der Waals surface area (Å²) in [5, 5.41) is 5.44. The molecule has 0 aliphatic carbocycles. The molecule has 2 aliphatic rings. The summed E-state index contributed by atoms with van der Waals surface area (Å²) < 4.78 is 0. The Hall–Kier alpha value is -2.56. The smallest absolute Gasteiger partial charge is 0.318 e. The van der Waals surface area contributed by atoms with Crippen LogP contribution in [0.2, 0.25) is 0 Å². The minimum Gasteiger partial charge on any atom is -0.336 e. The van der Waals surface area contributed by atoms with E-state index >= 15 is 0 Å². The van der Waals surface area contributed by atoms with Crippen LogP contribution >= 0.6 is 0 Å². The number of benzene rings is 2. The van der Waals surface area contributed by atoms with Gasteiger partial charge in [-0.25, -0.2) is 4.79 Å². The first-order chi connectivity index (χ1) is 12.1. The van der Waals surface area contributed by atoms with E-state index in [0.29, 0.717) is 19.5 Å². The van der Waals surface area contributed by atoms with Crippen molar-refractivity contribution in [3.8, 4) is 0 Å². The number of amides is 3. The summed E-state index contributed by atoms with van der Waals surface area (Å²) in [4.78, 5) is 28.0. The topological polar surface area (TPSA) is 52.7 Å². The predicted molar refractivity (Wildman–Crippen MR) is 97.2 cm³/mol. The van der Waals surface area contributed by atoms with Gasteiger partial charge in [0.1, 0.15) is 0 Å². The SMILES string of the molecule is CC(NC(=O)N1CC(N2CCCC2=O)C1)c1cccc2ccccc12. The minimum absolute atomic E-state index is 0.0525. The molecule has 5 heteroatoms. The average molecular weight is 337 g/mol. The lowest BCUT2D eigenvalue weighted by Crippen LogP contribution is -2.63. The molecule has 0 spiro atoms. The van der Waals surface area contributed by atoms with E-state index in [4.69, 9.17) is 0 Å². The molecule has 0 saturated carbocycles. The van der Waals surface area contributed by atoms with Gasteiger partial charge in [0.15, 0.2) is 0 Å². The largest absolute Gasteiger partial charge is 0.336 e. The van der Waals surface area contributed by atoms with Crippen molar-refractivity contribution in [2.45, 2.75) is 31.8 Å². The quantitative estimate of drug-likeness (QED) is 0.936. The summed E-state index contributed by atoms with van der Waals surface area (Å²) in [6.07, 6.45) is 1.60. The lowest BCUT2D eigenvalue weighted by atomic mass is 10.00. The van der Waals surface area contributed by atoms with Crippen molar-refractivity contribution in [1.29, 1.82) is 0 Å². The molecule has 2 fully saturated rings. The van der Waals surface area contributed by atoms with Gasteiger partial charge in [0.05, 0.1) is 12.1 Å². The lowest BCUT2D eigenvalue weighted by Gasteiger charge is -2.44. The number of nitrogens with one attached hydrogen (secondary N) is 1. The van der Waals surface area contributed by atoms with Crippen molar-refractivity contribution in [2.24, 2.45) is 0 Å². The summed E-state index contributed by atoms with van der Waals surface area (Å²) in [5.41, 5.74) is 1.12. The Bertz CT molecular complexity index is 808. The third kappa shape index (κ3) is 2.95. The third-order valence-corrected chi connectivity index (χ3v) is 5.33. The number of nitrogens with zero attached hydrogens (tertiary/aromatic N) is 2. The molecule has 2 aliphatic heterocycles. The summed E-state index contributed by atoms with van der Waals surface area (Å²) in [6, 6.07) is 14.5. The van der Waals surface area contributed by atoms with E-state index in [1.807, 2.05) is 30.0 Å². The van der Waals surface area contributed by atoms with Gasteiger partial charge in [-0.2, -0.15) is 0 Å². The highest BCUT2D eigenvalue weighted by Crippen LogP contribution is 2.25. The number of carbonyl (C=O) groups is 2. The molecule has 0 aromatic heterocycles. The number of likely N-dealkylation sites (tertiary alicyclic amines) is 2. The molecule has 1 N–H and O–H groups in total. The first-order valence-electron chi connectivity index (χ1n) is 8.96. The highest BCUT2D eigenvalue weighted by atomic mass is 16.2. The maximum atomic E-state index is 12.5. The van der Waals surface area contributed by atoms with Crippen LogP contribution in [0.15, 0.2) is 42.5 Å². The Balaban J connectivity index is 1.39. The Kier molecular flexibility index (Phi) is 4.07. The zero-order valence-electron chi connectivity index (χ0n) is 14.4. The standard InChI is InChI=1S/C20H23N3O2/c1-14(17-9-4-7-15-6-2-3-8-18(15)17)21-20(25)22-12-16(13-22)23-11-5-10-19(23)24/h2-4,6-9,14,16H,5,10-13H2,1H3,(H,21,25). The maximum Gasteiger partial charge on any atom is 0.318 e. The van der Waals surface area contributed by atoms with Crippen molar-refractivity contribution in [3.05, 3.63) is 48.0 Å². The van der Waals surface area contributed by atoms with Gasteiger partial charge in [0.2, 0.25) is 5.91 Å². The molecule has 3 amide bonds. The van der Waals surface area contributed by atoms with E-state index in [9.17, 15) is 9.59 Å². The predicted octanol–water partition coefficient (Wildman–Crippen LogP) is 2.92. The van der Waals surface area contributed by atoms with Crippen molar-refractivity contribution in [1.82, 2.24) is 15.1 Å². The minimum atomic E-state index is -0.0638. The Morgan fingerprint density at radius 1 is 1.16 bits per heavy atom. The van der Waals surface area contributed by atoms with Gasteiger partial charge in [-0.05, 0) is 29.7 Å². The van der Waals surface area contributed by atoms with Gasteiger partial charge < -0.3 is 15.1 Å². The Labute approximate surface area is 147 Å². The van der Waals surface area contributed by atoms with Gasteiger partial charge >= 0.3 is 6.03 Å². The second-order valence-electron chi connectivity index (χ2n) is 6.99. The van der Waals surface area contributed by atoms with Crippen LogP contribution in [-0.4, -0.2) is 47.4 Å². The molecule has 2 aromatic rings. The third-order valence-electron chi connectivity index (χ3n) is 5.33. The summed E-state index contributed by atoms with van der Waals surface area (Å²) in [7, 11) is 0. The molecule has 130 valence electrons. The van der Waals surface area contributed by atoms with Crippen LogP contribution in [-0.2, 0) is 4.79 Å². The highest BCUT2D eigenvalue weighted by molar-refractivity contribution is 5.87. The second kappa shape index (κ2) is 6.39. The Morgan fingerprint density at radius 3 is 2.68 bits per heavy atom. The van der Waals surface area contributed by atoms with Crippen molar-refractivity contribution in [3.63, 3.8) is 0 Å². The van der Waals surface area contributed by atoms with Crippen molar-refractivity contribution in [2.75, 3.05) is 19.6 Å². The number of urea groups is 1. The van der Waals surface area contributed by atoms with E-state index in [1.165, 1.54) is 10.8 Å². The fraction of sp³-hybridized carbons (Fsp3) is 0.400. The van der Waals surface area contributed by atoms with Crippen LogP contribution in [0.5, 0.6) is 0 Å². The number of hydrogen-bond acceptors (Lipinski definition) is 2. The zero-order chi connectivity index (χ0) is 17.4. The first-order valence-corrected chi connectivity index (χ1v) is 8.96. The van der Waals surface area contributed by atoms with Crippen LogP contribution in [0.4, 0.5) is 4.79 Å². The molecule has 1 unspecified atom stereocenters. The van der Waals surface area contributed by atoms with Gasteiger partial charge in [-0.15, -0.1) is 0 Å². The summed E-state index contributed by atoms with van der Waals surface area (Å²) in [5.74, 6) is 0.231.